The first-order chi connectivity index (χ1) is 14.4. The first kappa shape index (κ1) is 23.5. The molecule has 0 aromatic carbocycles. The first-order valence-electron chi connectivity index (χ1n) is 12.2. The number of carboxylic acids is 1. The molecule has 0 amide bonds. The van der Waals surface area contributed by atoms with Gasteiger partial charge in [0.1, 0.15) is 0 Å². The van der Waals surface area contributed by atoms with Crippen LogP contribution in [0, 0.1) is 46.3 Å². The van der Waals surface area contributed by atoms with Crippen LogP contribution in [0.5, 0.6) is 0 Å². The molecule has 4 fully saturated rings. The van der Waals surface area contributed by atoms with Gasteiger partial charge in [-0.25, -0.2) is 0 Å². The molecular weight excluding hydrogens is 416 g/mol. The lowest BCUT2D eigenvalue weighted by Gasteiger charge is -2.62. The number of rotatable bonds is 5. The number of aliphatic hydroxyl groups excluding tert-OH is 1. The fraction of sp³-hybridized carbons (Fsp3) is 0.958. The molecule has 3 N–H and O–H groups in total. The van der Waals surface area contributed by atoms with E-state index in [4.69, 9.17) is 5.11 Å². The zero-order valence-corrected chi connectivity index (χ0v) is 20.0. The number of hydrogen-bond acceptors (Lipinski definition) is 4. The van der Waals surface area contributed by atoms with E-state index < -0.39 is 21.3 Å². The molecule has 0 spiro atoms. The van der Waals surface area contributed by atoms with Gasteiger partial charge in [-0.2, -0.15) is 8.42 Å². The maximum absolute atomic E-state index is 12.6. The molecule has 4 aliphatic rings. The zero-order valence-electron chi connectivity index (χ0n) is 19.2. The van der Waals surface area contributed by atoms with Gasteiger partial charge in [0, 0.05) is 6.42 Å². The highest BCUT2D eigenvalue weighted by Crippen LogP contribution is 2.69. The van der Waals surface area contributed by atoms with Crippen molar-refractivity contribution in [3.63, 3.8) is 0 Å². The van der Waals surface area contributed by atoms with Gasteiger partial charge in [0.2, 0.25) is 0 Å². The van der Waals surface area contributed by atoms with Gasteiger partial charge < -0.3 is 10.2 Å². The van der Waals surface area contributed by atoms with Gasteiger partial charge in [-0.15, -0.1) is 0 Å². The summed E-state index contributed by atoms with van der Waals surface area (Å²) in [6.07, 6.45) is 7.29. The molecule has 0 saturated heterocycles. The summed E-state index contributed by atoms with van der Waals surface area (Å²) >= 11 is 0. The molecule has 6 nitrogen and oxygen atoms in total. The number of fused-ring (bicyclic) bond motifs is 5. The van der Waals surface area contributed by atoms with E-state index in [-0.39, 0.29) is 47.0 Å². The van der Waals surface area contributed by atoms with Crippen molar-refractivity contribution in [2.45, 2.75) is 96.3 Å². The molecule has 10 atom stereocenters. The summed E-state index contributed by atoms with van der Waals surface area (Å²) in [5.74, 6) is 0.550. The number of aliphatic carboxylic acids is 1. The van der Waals surface area contributed by atoms with E-state index in [2.05, 4.69) is 20.8 Å². The van der Waals surface area contributed by atoms with E-state index >= 15 is 0 Å². The van der Waals surface area contributed by atoms with Crippen molar-refractivity contribution >= 4 is 16.1 Å². The largest absolute Gasteiger partial charge is 0.481 e. The van der Waals surface area contributed by atoms with Crippen molar-refractivity contribution in [2.75, 3.05) is 0 Å². The normalized spacial score (nSPS) is 48.4. The maximum atomic E-state index is 12.6. The summed E-state index contributed by atoms with van der Waals surface area (Å²) in [5, 5.41) is 18.7. The summed E-state index contributed by atoms with van der Waals surface area (Å²) in [5.41, 5.74) is 0.0266. The second kappa shape index (κ2) is 7.98. The standard InChI is InChI=1S/C24H40O6S/c1-14(4-7-21(26)27)17-5-6-18-22-19(9-11-24(17,18)3)23(2)10-8-16(25)12-15(23)13-20(22)31(28,29)30/h14-20,22,25H,4-13H2,1-3H3,(H,26,27)(H,28,29,30)/t14-,15+,16-,17-,18+,19+,20?,22+,23+,24-/m1/s1. The van der Waals surface area contributed by atoms with Gasteiger partial charge in [-0.05, 0) is 104 Å². The van der Waals surface area contributed by atoms with Crippen LogP contribution < -0.4 is 0 Å². The molecule has 0 radical (unpaired) electrons. The molecule has 0 aromatic heterocycles. The highest BCUT2D eigenvalue weighted by atomic mass is 32.2. The Morgan fingerprint density at radius 3 is 2.32 bits per heavy atom. The molecule has 0 heterocycles. The minimum absolute atomic E-state index is 0.000591. The highest BCUT2D eigenvalue weighted by Gasteiger charge is 2.64. The van der Waals surface area contributed by atoms with E-state index in [1.807, 2.05) is 0 Å². The maximum Gasteiger partial charge on any atom is 0.303 e. The Hall–Kier alpha value is -0.660. The van der Waals surface area contributed by atoms with Crippen LogP contribution in [0.2, 0.25) is 0 Å². The van der Waals surface area contributed by atoms with Crippen LogP contribution in [0.3, 0.4) is 0 Å². The minimum Gasteiger partial charge on any atom is -0.481 e. The third-order valence-electron chi connectivity index (χ3n) is 10.6. The summed E-state index contributed by atoms with van der Waals surface area (Å²) in [6.45, 7) is 6.78. The van der Waals surface area contributed by atoms with Crippen molar-refractivity contribution in [3.05, 3.63) is 0 Å². The minimum atomic E-state index is -4.18. The van der Waals surface area contributed by atoms with E-state index in [0.29, 0.717) is 31.1 Å². The number of aliphatic hydroxyl groups is 1. The Balaban J connectivity index is 1.66. The van der Waals surface area contributed by atoms with Gasteiger partial charge in [0.15, 0.2) is 0 Å². The van der Waals surface area contributed by atoms with Crippen LogP contribution in [0.4, 0.5) is 0 Å². The van der Waals surface area contributed by atoms with Crippen molar-refractivity contribution in [2.24, 2.45) is 46.3 Å². The van der Waals surface area contributed by atoms with Crippen LogP contribution in [0.25, 0.3) is 0 Å². The number of hydrogen-bond donors (Lipinski definition) is 3. The Morgan fingerprint density at radius 1 is 1.03 bits per heavy atom. The topological polar surface area (TPSA) is 112 Å². The first-order valence-corrected chi connectivity index (χ1v) is 13.7. The second-order valence-corrected chi connectivity index (χ2v) is 13.5. The Bertz CT molecular complexity index is 811. The predicted octanol–water partition coefficient (Wildman–Crippen LogP) is 4.37. The molecule has 178 valence electrons. The molecule has 31 heavy (non-hydrogen) atoms. The molecule has 1 unspecified atom stereocenters. The fourth-order valence-corrected chi connectivity index (χ4v) is 10.3. The lowest BCUT2D eigenvalue weighted by atomic mass is 9.44. The predicted molar refractivity (Wildman–Crippen MR) is 118 cm³/mol. The van der Waals surface area contributed by atoms with E-state index in [1.165, 1.54) is 0 Å². The summed E-state index contributed by atoms with van der Waals surface area (Å²) in [6, 6.07) is 0. The second-order valence-electron chi connectivity index (χ2n) is 11.8. The molecule has 4 aliphatic carbocycles. The number of carbonyl (C=O) groups is 1. The Morgan fingerprint density at radius 2 is 1.68 bits per heavy atom. The third-order valence-corrected chi connectivity index (χ3v) is 11.9. The van der Waals surface area contributed by atoms with Crippen molar-refractivity contribution in [1.29, 1.82) is 0 Å². The zero-order chi connectivity index (χ0) is 22.8. The molecule has 4 rings (SSSR count). The molecule has 0 bridgehead atoms. The quantitative estimate of drug-likeness (QED) is 0.530. The molecular formula is C24H40O6S. The summed E-state index contributed by atoms with van der Waals surface area (Å²) in [4.78, 5) is 11.1. The Kier molecular flexibility index (Phi) is 6.05. The van der Waals surface area contributed by atoms with Gasteiger partial charge >= 0.3 is 5.97 Å². The van der Waals surface area contributed by atoms with E-state index in [1.54, 1.807) is 0 Å². The molecule has 0 aliphatic heterocycles. The van der Waals surface area contributed by atoms with Gasteiger partial charge in [0.05, 0.1) is 11.4 Å². The fourth-order valence-electron chi connectivity index (χ4n) is 9.02. The Labute approximate surface area is 186 Å². The molecule has 0 aromatic rings. The van der Waals surface area contributed by atoms with Crippen molar-refractivity contribution < 1.29 is 28.0 Å². The third kappa shape index (κ3) is 3.86. The van der Waals surface area contributed by atoms with E-state index in [0.717, 1.165) is 38.5 Å². The van der Waals surface area contributed by atoms with Crippen molar-refractivity contribution in [3.8, 4) is 0 Å². The van der Waals surface area contributed by atoms with Crippen LogP contribution in [-0.2, 0) is 14.9 Å². The van der Waals surface area contributed by atoms with Gasteiger partial charge in [0.25, 0.3) is 10.1 Å². The highest BCUT2D eigenvalue weighted by molar-refractivity contribution is 7.86. The molecule has 4 saturated carbocycles. The SMILES string of the molecule is C[C@H](CCC(=O)O)[C@H]1CC[C@H]2[C@@H]3C(S(=O)(=O)O)C[C@@H]4C[C@H](O)CC[C@]4(C)[C@H]3CC[C@]12C. The van der Waals surface area contributed by atoms with Crippen LogP contribution in [0.15, 0.2) is 0 Å². The summed E-state index contributed by atoms with van der Waals surface area (Å²) in [7, 11) is -4.18. The monoisotopic (exact) mass is 456 g/mol. The van der Waals surface area contributed by atoms with E-state index in [9.17, 15) is 22.9 Å². The lowest BCUT2D eigenvalue weighted by molar-refractivity contribution is -0.138. The smallest absolute Gasteiger partial charge is 0.303 e. The number of carboxylic acid groups (broad SMARTS) is 1. The average molecular weight is 457 g/mol. The van der Waals surface area contributed by atoms with Crippen LogP contribution in [0.1, 0.15) is 85.0 Å². The van der Waals surface area contributed by atoms with Gasteiger partial charge in [-0.1, -0.05) is 20.8 Å². The molecule has 7 heteroatoms. The lowest BCUT2D eigenvalue weighted by Crippen LogP contribution is -2.60. The van der Waals surface area contributed by atoms with Crippen molar-refractivity contribution in [1.82, 2.24) is 0 Å². The van der Waals surface area contributed by atoms with Crippen LogP contribution in [-0.4, -0.2) is 40.5 Å². The average Bonchev–Trinajstić information content (AvgIpc) is 3.02. The van der Waals surface area contributed by atoms with Gasteiger partial charge in [-0.3, -0.25) is 9.35 Å². The van der Waals surface area contributed by atoms with Crippen LogP contribution >= 0.6 is 0 Å². The summed E-state index contributed by atoms with van der Waals surface area (Å²) < 4.78 is 35.5.